The number of nitrogens with zero attached hydrogens (tertiary/aromatic N) is 1. The third-order valence-corrected chi connectivity index (χ3v) is 4.84. The molecule has 1 unspecified atom stereocenters. The van der Waals surface area contributed by atoms with Gasteiger partial charge in [0.25, 0.3) is 0 Å². The summed E-state index contributed by atoms with van der Waals surface area (Å²) in [7, 11) is 0.126. The molecule has 110 valence electrons. The normalized spacial score (nSPS) is 21.7. The first kappa shape index (κ1) is 15.9. The Labute approximate surface area is 113 Å². The highest BCUT2D eigenvalue weighted by Crippen LogP contribution is 2.06. The number of nitrogens with one attached hydrogen (secondary N) is 2. The number of carbonyl (C=O) groups is 2. The monoisotopic (exact) mass is 291 g/mol. The van der Waals surface area contributed by atoms with Gasteiger partial charge in [-0.25, -0.2) is 8.42 Å². The van der Waals surface area contributed by atoms with Crippen LogP contribution in [0.1, 0.15) is 12.8 Å². The first-order chi connectivity index (χ1) is 8.84. The van der Waals surface area contributed by atoms with Gasteiger partial charge in [0.1, 0.15) is 0 Å². The summed E-state index contributed by atoms with van der Waals surface area (Å²) in [4.78, 5) is 24.4. The second-order valence-corrected chi connectivity index (χ2v) is 6.94. The minimum atomic E-state index is -3.03. The molecule has 1 fully saturated rings. The van der Waals surface area contributed by atoms with Gasteiger partial charge in [-0.2, -0.15) is 0 Å². The molecular weight excluding hydrogens is 270 g/mol. The summed E-state index contributed by atoms with van der Waals surface area (Å²) in [5, 5.41) is 5.51. The Bertz CT molecular complexity index is 435. The maximum Gasteiger partial charge on any atom is 0.223 e. The Morgan fingerprint density at radius 3 is 2.68 bits per heavy atom. The highest BCUT2D eigenvalue weighted by Gasteiger charge is 2.26. The number of hydrogen-bond acceptors (Lipinski definition) is 5. The molecule has 0 aromatic rings. The summed E-state index contributed by atoms with van der Waals surface area (Å²) in [6.07, 6.45) is 0.388. The molecule has 1 saturated heterocycles. The van der Waals surface area contributed by atoms with Crippen molar-refractivity contribution in [2.24, 2.45) is 0 Å². The van der Waals surface area contributed by atoms with Crippen LogP contribution in [0.5, 0.6) is 0 Å². The molecule has 0 radical (unpaired) electrons. The van der Waals surface area contributed by atoms with Gasteiger partial charge in [0, 0.05) is 46.1 Å². The molecule has 0 spiro atoms. The number of rotatable bonds is 5. The Hall–Kier alpha value is -1.15. The quantitative estimate of drug-likeness (QED) is 0.633. The predicted octanol–water partition coefficient (Wildman–Crippen LogP) is -1.64. The SMILES string of the molecule is CNC(=O)CCN(C)C(=O)CC1CS(=O)(=O)CCN1. The third kappa shape index (κ3) is 5.56. The van der Waals surface area contributed by atoms with Crippen LogP contribution in [0, 0.1) is 0 Å². The molecular formula is C11H21N3O4S. The van der Waals surface area contributed by atoms with Crippen molar-refractivity contribution < 1.29 is 18.0 Å². The van der Waals surface area contributed by atoms with E-state index in [1.807, 2.05) is 0 Å². The van der Waals surface area contributed by atoms with Crippen LogP contribution in [-0.2, 0) is 19.4 Å². The molecule has 0 bridgehead atoms. The number of carbonyl (C=O) groups excluding carboxylic acids is 2. The van der Waals surface area contributed by atoms with Crippen molar-refractivity contribution in [3.63, 3.8) is 0 Å². The number of hydrogen-bond donors (Lipinski definition) is 2. The first-order valence-electron chi connectivity index (χ1n) is 6.22. The lowest BCUT2D eigenvalue weighted by molar-refractivity contribution is -0.130. The van der Waals surface area contributed by atoms with Crippen LogP contribution in [0.3, 0.4) is 0 Å². The summed E-state index contributed by atoms with van der Waals surface area (Å²) in [6.45, 7) is 0.722. The van der Waals surface area contributed by atoms with Crippen molar-refractivity contribution in [1.82, 2.24) is 15.5 Å². The van der Waals surface area contributed by atoms with E-state index in [-0.39, 0.29) is 42.2 Å². The average Bonchev–Trinajstić information content (AvgIpc) is 2.34. The van der Waals surface area contributed by atoms with E-state index in [0.29, 0.717) is 13.1 Å². The van der Waals surface area contributed by atoms with Crippen LogP contribution in [0.25, 0.3) is 0 Å². The van der Waals surface area contributed by atoms with Gasteiger partial charge in [0.15, 0.2) is 9.84 Å². The average molecular weight is 291 g/mol. The maximum atomic E-state index is 11.9. The van der Waals surface area contributed by atoms with E-state index < -0.39 is 9.84 Å². The third-order valence-electron chi connectivity index (χ3n) is 3.10. The molecule has 8 heteroatoms. The zero-order valence-corrected chi connectivity index (χ0v) is 12.1. The van der Waals surface area contributed by atoms with Crippen molar-refractivity contribution in [1.29, 1.82) is 0 Å². The Morgan fingerprint density at radius 1 is 1.42 bits per heavy atom. The van der Waals surface area contributed by atoms with E-state index in [9.17, 15) is 18.0 Å². The highest BCUT2D eigenvalue weighted by atomic mass is 32.2. The predicted molar refractivity (Wildman–Crippen MR) is 71.4 cm³/mol. The minimum Gasteiger partial charge on any atom is -0.359 e. The molecule has 1 aliphatic rings. The van der Waals surface area contributed by atoms with Gasteiger partial charge >= 0.3 is 0 Å². The first-order valence-corrected chi connectivity index (χ1v) is 8.04. The van der Waals surface area contributed by atoms with E-state index in [2.05, 4.69) is 10.6 Å². The largest absolute Gasteiger partial charge is 0.359 e. The van der Waals surface area contributed by atoms with Crippen molar-refractivity contribution >= 4 is 21.7 Å². The van der Waals surface area contributed by atoms with Gasteiger partial charge in [-0.1, -0.05) is 0 Å². The standard InChI is InChI=1S/C11H21N3O4S/c1-12-10(15)3-5-14(2)11(16)7-9-8-19(17,18)6-4-13-9/h9,13H,3-8H2,1-2H3,(H,12,15). The van der Waals surface area contributed by atoms with Crippen LogP contribution in [0.15, 0.2) is 0 Å². The Morgan fingerprint density at radius 2 is 2.11 bits per heavy atom. The molecule has 2 amide bonds. The van der Waals surface area contributed by atoms with E-state index in [4.69, 9.17) is 0 Å². The summed E-state index contributed by atoms with van der Waals surface area (Å²) in [5.41, 5.74) is 0. The summed E-state index contributed by atoms with van der Waals surface area (Å²) in [6, 6.07) is -0.325. The second kappa shape index (κ2) is 6.85. The lowest BCUT2D eigenvalue weighted by atomic mass is 10.2. The topological polar surface area (TPSA) is 95.6 Å². The fourth-order valence-electron chi connectivity index (χ4n) is 1.88. The molecule has 0 aromatic heterocycles. The van der Waals surface area contributed by atoms with E-state index in [1.54, 1.807) is 14.1 Å². The van der Waals surface area contributed by atoms with Crippen LogP contribution in [0.2, 0.25) is 0 Å². The molecule has 0 aliphatic carbocycles. The molecule has 0 saturated carbocycles. The van der Waals surface area contributed by atoms with Crippen molar-refractivity contribution in [3.8, 4) is 0 Å². The van der Waals surface area contributed by atoms with E-state index in [0.717, 1.165) is 0 Å². The minimum absolute atomic E-state index is 0.00201. The van der Waals surface area contributed by atoms with Gasteiger partial charge in [-0.05, 0) is 0 Å². The van der Waals surface area contributed by atoms with Crippen molar-refractivity contribution in [3.05, 3.63) is 0 Å². The smallest absolute Gasteiger partial charge is 0.223 e. The molecule has 1 aliphatic heterocycles. The lowest BCUT2D eigenvalue weighted by Crippen LogP contribution is -2.47. The fraction of sp³-hybridized carbons (Fsp3) is 0.818. The lowest BCUT2D eigenvalue weighted by Gasteiger charge is -2.25. The summed E-state index contributed by atoms with van der Waals surface area (Å²) in [5.74, 6) is -0.150. The molecule has 2 N–H and O–H groups in total. The molecule has 1 heterocycles. The fourth-order valence-corrected chi connectivity index (χ4v) is 3.33. The van der Waals surface area contributed by atoms with Crippen LogP contribution < -0.4 is 10.6 Å². The van der Waals surface area contributed by atoms with Gasteiger partial charge in [-0.3, -0.25) is 9.59 Å². The molecule has 7 nitrogen and oxygen atoms in total. The molecule has 19 heavy (non-hydrogen) atoms. The van der Waals surface area contributed by atoms with E-state index >= 15 is 0 Å². The highest BCUT2D eigenvalue weighted by molar-refractivity contribution is 7.91. The van der Waals surface area contributed by atoms with E-state index in [1.165, 1.54) is 4.90 Å². The van der Waals surface area contributed by atoms with Crippen LogP contribution in [0.4, 0.5) is 0 Å². The molecule has 1 atom stereocenters. The van der Waals surface area contributed by atoms with Crippen LogP contribution >= 0.6 is 0 Å². The maximum absolute atomic E-state index is 11.9. The zero-order valence-electron chi connectivity index (χ0n) is 11.3. The Balaban J connectivity index is 2.39. The van der Waals surface area contributed by atoms with Gasteiger partial charge in [0.05, 0.1) is 11.5 Å². The number of amides is 2. The van der Waals surface area contributed by atoms with Crippen molar-refractivity contribution in [2.45, 2.75) is 18.9 Å². The zero-order chi connectivity index (χ0) is 14.5. The summed E-state index contributed by atoms with van der Waals surface area (Å²) >= 11 is 0. The summed E-state index contributed by atoms with van der Waals surface area (Å²) < 4.78 is 22.9. The van der Waals surface area contributed by atoms with Gasteiger partial charge in [-0.15, -0.1) is 0 Å². The molecule has 1 rings (SSSR count). The second-order valence-electron chi connectivity index (χ2n) is 4.71. The van der Waals surface area contributed by atoms with Gasteiger partial charge < -0.3 is 15.5 Å². The Kier molecular flexibility index (Phi) is 5.74. The van der Waals surface area contributed by atoms with Crippen LogP contribution in [-0.4, -0.2) is 69.9 Å². The molecule has 0 aromatic carbocycles. The van der Waals surface area contributed by atoms with Gasteiger partial charge in [0.2, 0.25) is 11.8 Å². The number of sulfone groups is 1. The van der Waals surface area contributed by atoms with Crippen molar-refractivity contribution in [2.75, 3.05) is 38.7 Å².